The maximum absolute atomic E-state index is 11.1. The molecule has 0 radical (unpaired) electrons. The molecule has 3 nitrogen and oxygen atoms in total. The molecule has 0 aliphatic heterocycles. The lowest BCUT2D eigenvalue weighted by atomic mass is 9.79. The van der Waals surface area contributed by atoms with Gasteiger partial charge in [-0.1, -0.05) is 46.8 Å². The second-order valence-corrected chi connectivity index (χ2v) is 8.43. The molecule has 4 heteroatoms. The minimum absolute atomic E-state index is 0.0352. The largest absolute Gasteiger partial charge is 0.294 e. The normalized spacial score (nSPS) is 16.5. The summed E-state index contributed by atoms with van der Waals surface area (Å²) < 4.78 is 31.3. The molecule has 0 bridgehead atoms. The molecule has 0 heterocycles. The molecule has 0 aliphatic carbocycles. The van der Waals surface area contributed by atoms with Gasteiger partial charge in [0, 0.05) is 0 Å². The first-order chi connectivity index (χ1) is 10.1. The molecule has 1 aromatic carbocycles. The van der Waals surface area contributed by atoms with Gasteiger partial charge in [-0.2, -0.15) is 8.42 Å². The van der Waals surface area contributed by atoms with E-state index < -0.39 is 10.1 Å². The van der Waals surface area contributed by atoms with Crippen molar-refractivity contribution in [1.29, 1.82) is 0 Å². The van der Waals surface area contributed by atoms with Gasteiger partial charge < -0.3 is 0 Å². The summed E-state index contributed by atoms with van der Waals surface area (Å²) in [7, 11) is -4.10. The van der Waals surface area contributed by atoms with Crippen LogP contribution in [0.25, 0.3) is 0 Å². The van der Waals surface area contributed by atoms with Crippen LogP contribution in [0.3, 0.4) is 0 Å². The zero-order valence-corrected chi connectivity index (χ0v) is 15.2. The predicted octanol–water partition coefficient (Wildman–Crippen LogP) is 5.14. The summed E-state index contributed by atoms with van der Waals surface area (Å²) >= 11 is 0. The van der Waals surface area contributed by atoms with Gasteiger partial charge >= 0.3 is 0 Å². The number of rotatable bonds is 8. The zero-order valence-electron chi connectivity index (χ0n) is 14.4. The summed E-state index contributed by atoms with van der Waals surface area (Å²) in [5.41, 5.74) is 1.15. The summed E-state index contributed by atoms with van der Waals surface area (Å²) in [5.74, 6) is 2.39. The van der Waals surface area contributed by atoms with Gasteiger partial charge in [-0.15, -0.1) is 0 Å². The van der Waals surface area contributed by atoms with Crippen LogP contribution in [0.2, 0.25) is 0 Å². The molecule has 0 aromatic heterocycles. The van der Waals surface area contributed by atoms with Crippen molar-refractivity contribution in [2.45, 2.75) is 64.7 Å². The Hall–Kier alpha value is -0.870. The van der Waals surface area contributed by atoms with E-state index in [0.29, 0.717) is 17.8 Å². The standard InChI is InChI=1S/C18H30O3S/c1-6-18(15(5)12-14(4)11-13(2)3)16-7-9-17(10-8-16)22(19,20)21/h7-10,13-15,18H,6,11-12H2,1-5H3,(H,19,20,21). The molecule has 126 valence electrons. The predicted molar refractivity (Wildman–Crippen MR) is 91.7 cm³/mol. The molecule has 22 heavy (non-hydrogen) atoms. The molecule has 0 fully saturated rings. The topological polar surface area (TPSA) is 54.4 Å². The van der Waals surface area contributed by atoms with Crippen LogP contribution in [0.4, 0.5) is 0 Å². The van der Waals surface area contributed by atoms with Crippen LogP contribution >= 0.6 is 0 Å². The van der Waals surface area contributed by atoms with Gasteiger partial charge in [0.15, 0.2) is 0 Å². The molecule has 1 N–H and O–H groups in total. The first kappa shape index (κ1) is 19.2. The monoisotopic (exact) mass is 326 g/mol. The molecule has 0 amide bonds. The van der Waals surface area contributed by atoms with Crippen molar-refractivity contribution < 1.29 is 13.0 Å². The smallest absolute Gasteiger partial charge is 0.282 e. The summed E-state index contributed by atoms with van der Waals surface area (Å²) in [6, 6.07) is 6.66. The van der Waals surface area contributed by atoms with E-state index in [1.165, 1.54) is 25.0 Å². The molecule has 0 spiro atoms. The maximum atomic E-state index is 11.1. The molecule has 1 aromatic rings. The Bertz CT molecular complexity index is 546. The molecule has 0 saturated heterocycles. The third-order valence-electron chi connectivity index (χ3n) is 4.38. The Morgan fingerprint density at radius 3 is 1.95 bits per heavy atom. The highest BCUT2D eigenvalue weighted by Gasteiger charge is 2.21. The van der Waals surface area contributed by atoms with Crippen LogP contribution in [0.15, 0.2) is 29.2 Å². The van der Waals surface area contributed by atoms with Crippen molar-refractivity contribution in [2.24, 2.45) is 17.8 Å². The average Bonchev–Trinajstić information content (AvgIpc) is 2.37. The van der Waals surface area contributed by atoms with Crippen LogP contribution in [0, 0.1) is 17.8 Å². The van der Waals surface area contributed by atoms with Gasteiger partial charge in [0.1, 0.15) is 0 Å². The van der Waals surface area contributed by atoms with Gasteiger partial charge in [0.25, 0.3) is 10.1 Å². The van der Waals surface area contributed by atoms with Crippen LogP contribution in [0.5, 0.6) is 0 Å². The van der Waals surface area contributed by atoms with Gasteiger partial charge in [0.2, 0.25) is 0 Å². The second kappa shape index (κ2) is 8.11. The molecular weight excluding hydrogens is 296 g/mol. The van der Waals surface area contributed by atoms with E-state index in [2.05, 4.69) is 34.6 Å². The van der Waals surface area contributed by atoms with E-state index in [1.54, 1.807) is 0 Å². The van der Waals surface area contributed by atoms with Crippen molar-refractivity contribution in [1.82, 2.24) is 0 Å². The highest BCUT2D eigenvalue weighted by Crippen LogP contribution is 2.33. The van der Waals surface area contributed by atoms with E-state index in [1.807, 2.05) is 12.1 Å². The van der Waals surface area contributed by atoms with Gasteiger partial charge in [-0.05, 0) is 60.6 Å². The lowest BCUT2D eigenvalue weighted by molar-refractivity contribution is 0.316. The summed E-state index contributed by atoms with van der Waals surface area (Å²) in [4.78, 5) is -0.0352. The van der Waals surface area contributed by atoms with E-state index in [4.69, 9.17) is 4.55 Å². The Morgan fingerprint density at radius 2 is 1.55 bits per heavy atom. The Kier molecular flexibility index (Phi) is 7.07. The summed E-state index contributed by atoms with van der Waals surface area (Å²) in [6.07, 6.45) is 3.44. The van der Waals surface area contributed by atoms with Crippen molar-refractivity contribution >= 4 is 10.1 Å². The molecule has 3 unspecified atom stereocenters. The van der Waals surface area contributed by atoms with Gasteiger partial charge in [0.05, 0.1) is 4.90 Å². The fourth-order valence-corrected chi connectivity index (χ4v) is 4.03. The van der Waals surface area contributed by atoms with Crippen LogP contribution in [-0.4, -0.2) is 13.0 Å². The number of benzene rings is 1. The maximum Gasteiger partial charge on any atom is 0.294 e. The average molecular weight is 327 g/mol. The fourth-order valence-electron chi connectivity index (χ4n) is 3.55. The Morgan fingerprint density at radius 1 is 1.00 bits per heavy atom. The molecule has 1 rings (SSSR count). The SMILES string of the molecule is CCC(c1ccc(S(=O)(=O)O)cc1)C(C)CC(C)CC(C)C. The molecular formula is C18H30O3S. The Labute approximate surface area is 135 Å². The van der Waals surface area contributed by atoms with Crippen molar-refractivity contribution in [2.75, 3.05) is 0 Å². The minimum atomic E-state index is -4.10. The lowest BCUT2D eigenvalue weighted by Crippen LogP contribution is -2.14. The quantitative estimate of drug-likeness (QED) is 0.673. The lowest BCUT2D eigenvalue weighted by Gasteiger charge is -2.26. The second-order valence-electron chi connectivity index (χ2n) is 7.01. The summed E-state index contributed by atoms with van der Waals surface area (Å²) in [6.45, 7) is 11.3. The van der Waals surface area contributed by atoms with Gasteiger partial charge in [-0.3, -0.25) is 4.55 Å². The highest BCUT2D eigenvalue weighted by molar-refractivity contribution is 7.85. The molecule has 0 saturated carbocycles. The molecule has 0 aliphatic rings. The third-order valence-corrected chi connectivity index (χ3v) is 5.25. The van der Waals surface area contributed by atoms with Gasteiger partial charge in [-0.25, -0.2) is 0 Å². The molecule has 3 atom stereocenters. The van der Waals surface area contributed by atoms with Crippen LogP contribution in [-0.2, 0) is 10.1 Å². The van der Waals surface area contributed by atoms with E-state index >= 15 is 0 Å². The van der Waals surface area contributed by atoms with E-state index in [-0.39, 0.29) is 4.90 Å². The van der Waals surface area contributed by atoms with Crippen molar-refractivity contribution in [3.63, 3.8) is 0 Å². The van der Waals surface area contributed by atoms with Crippen molar-refractivity contribution in [3.8, 4) is 0 Å². The van der Waals surface area contributed by atoms with E-state index in [9.17, 15) is 8.42 Å². The van der Waals surface area contributed by atoms with E-state index in [0.717, 1.165) is 17.9 Å². The fraction of sp³-hybridized carbons (Fsp3) is 0.667. The third kappa shape index (κ3) is 5.73. The minimum Gasteiger partial charge on any atom is -0.282 e. The van der Waals surface area contributed by atoms with Crippen molar-refractivity contribution in [3.05, 3.63) is 29.8 Å². The van der Waals surface area contributed by atoms with Crippen LogP contribution < -0.4 is 0 Å². The highest BCUT2D eigenvalue weighted by atomic mass is 32.2. The zero-order chi connectivity index (χ0) is 16.9. The summed E-state index contributed by atoms with van der Waals surface area (Å²) in [5, 5.41) is 0. The first-order valence-electron chi connectivity index (χ1n) is 8.22. The van der Waals surface area contributed by atoms with Crippen LogP contribution in [0.1, 0.15) is 65.4 Å². The first-order valence-corrected chi connectivity index (χ1v) is 9.66. The Balaban J connectivity index is 2.82. The number of hydrogen-bond acceptors (Lipinski definition) is 2. The number of hydrogen-bond donors (Lipinski definition) is 1.